The van der Waals surface area contributed by atoms with Gasteiger partial charge in [-0.1, -0.05) is 23.7 Å². The molecule has 2 aromatic carbocycles. The fraction of sp³-hybridized carbons (Fsp3) is 0. The maximum atomic E-state index is 12.1. The molecule has 1 nitrogen and oxygen atoms in total. The molecule has 0 aromatic heterocycles. The second kappa shape index (κ2) is 3.57. The number of rotatable bonds is 0. The van der Waals surface area contributed by atoms with E-state index in [0.717, 1.165) is 20.3 Å². The van der Waals surface area contributed by atoms with Gasteiger partial charge in [-0.05, 0) is 58.0 Å². The van der Waals surface area contributed by atoms with Crippen LogP contribution in [0.5, 0.6) is 0 Å². The molecule has 1 aliphatic carbocycles. The van der Waals surface area contributed by atoms with Crippen molar-refractivity contribution in [1.82, 2.24) is 0 Å². The van der Waals surface area contributed by atoms with Crippen LogP contribution in [0.15, 0.2) is 36.4 Å². The molecule has 0 atom stereocenters. The van der Waals surface area contributed by atoms with Crippen LogP contribution in [-0.4, -0.2) is 5.78 Å². The highest BCUT2D eigenvalue weighted by Gasteiger charge is 2.26. The number of carbonyl (C=O) groups excluding carboxylic acids is 1. The highest BCUT2D eigenvalue weighted by Crippen LogP contribution is 2.38. The van der Waals surface area contributed by atoms with E-state index in [9.17, 15) is 4.79 Å². The molecule has 0 radical (unpaired) electrons. The minimum absolute atomic E-state index is 0.0750. The van der Waals surface area contributed by atoms with Gasteiger partial charge in [-0.3, -0.25) is 4.79 Å². The Morgan fingerprint density at radius 1 is 0.875 bits per heavy atom. The molecular formula is C13H6ClIO. The van der Waals surface area contributed by atoms with Crippen LogP contribution in [0.4, 0.5) is 0 Å². The molecular weight excluding hydrogens is 334 g/mol. The Labute approximate surface area is 112 Å². The first-order valence-electron chi connectivity index (χ1n) is 4.81. The summed E-state index contributed by atoms with van der Waals surface area (Å²) in [6, 6.07) is 11.4. The number of carbonyl (C=O) groups is 1. The van der Waals surface area contributed by atoms with Gasteiger partial charge < -0.3 is 0 Å². The lowest BCUT2D eigenvalue weighted by atomic mass is 10.1. The van der Waals surface area contributed by atoms with Crippen LogP contribution in [0.3, 0.4) is 0 Å². The van der Waals surface area contributed by atoms with Crippen molar-refractivity contribution in [2.45, 2.75) is 0 Å². The van der Waals surface area contributed by atoms with Gasteiger partial charge in [0.25, 0.3) is 0 Å². The summed E-state index contributed by atoms with van der Waals surface area (Å²) < 4.78 is 1.07. The van der Waals surface area contributed by atoms with Crippen molar-refractivity contribution in [3.8, 4) is 11.1 Å². The van der Waals surface area contributed by atoms with Crippen LogP contribution in [0, 0.1) is 3.57 Å². The highest BCUT2D eigenvalue weighted by molar-refractivity contribution is 14.1. The zero-order valence-electron chi connectivity index (χ0n) is 8.13. The van der Waals surface area contributed by atoms with Gasteiger partial charge in [-0.2, -0.15) is 0 Å². The van der Waals surface area contributed by atoms with Gasteiger partial charge in [0.1, 0.15) is 0 Å². The molecule has 0 fully saturated rings. The summed E-state index contributed by atoms with van der Waals surface area (Å²) >= 11 is 8.12. The summed E-state index contributed by atoms with van der Waals surface area (Å²) in [6.45, 7) is 0. The van der Waals surface area contributed by atoms with Crippen LogP contribution >= 0.6 is 34.2 Å². The van der Waals surface area contributed by atoms with Crippen LogP contribution in [-0.2, 0) is 0 Å². The van der Waals surface area contributed by atoms with Crippen molar-refractivity contribution in [3.05, 3.63) is 56.1 Å². The number of ketones is 1. The van der Waals surface area contributed by atoms with E-state index in [4.69, 9.17) is 11.6 Å². The SMILES string of the molecule is O=C1c2cc(Cl)ccc2-c2ccc(I)cc21. The van der Waals surface area contributed by atoms with Crippen molar-refractivity contribution in [1.29, 1.82) is 0 Å². The summed E-state index contributed by atoms with van der Waals surface area (Å²) in [5.41, 5.74) is 3.49. The minimum Gasteiger partial charge on any atom is -0.289 e. The van der Waals surface area contributed by atoms with E-state index in [1.807, 2.05) is 30.3 Å². The molecule has 3 heteroatoms. The predicted octanol–water partition coefficient (Wildman–Crippen LogP) is 4.16. The quantitative estimate of drug-likeness (QED) is 0.562. The van der Waals surface area contributed by atoms with Crippen molar-refractivity contribution in [2.75, 3.05) is 0 Å². The third kappa shape index (κ3) is 1.40. The van der Waals surface area contributed by atoms with Gasteiger partial charge in [0, 0.05) is 19.7 Å². The Balaban J connectivity index is 2.34. The summed E-state index contributed by atoms with van der Waals surface area (Å²) in [5.74, 6) is 0.0750. The maximum absolute atomic E-state index is 12.1. The first-order chi connectivity index (χ1) is 7.66. The summed E-state index contributed by atoms with van der Waals surface area (Å²) in [5, 5.41) is 0.606. The first kappa shape index (κ1) is 10.3. The van der Waals surface area contributed by atoms with Crippen LogP contribution in [0.25, 0.3) is 11.1 Å². The molecule has 0 bridgehead atoms. The largest absolute Gasteiger partial charge is 0.289 e. The van der Waals surface area contributed by atoms with E-state index < -0.39 is 0 Å². The average molecular weight is 341 g/mol. The van der Waals surface area contributed by atoms with Crippen LogP contribution in [0.1, 0.15) is 15.9 Å². The number of benzene rings is 2. The first-order valence-corrected chi connectivity index (χ1v) is 6.26. The topological polar surface area (TPSA) is 17.1 Å². The predicted molar refractivity (Wildman–Crippen MR) is 73.0 cm³/mol. The van der Waals surface area contributed by atoms with E-state index in [-0.39, 0.29) is 5.78 Å². The Hall–Kier alpha value is -0.870. The Morgan fingerprint density at radius 3 is 2.25 bits per heavy atom. The van der Waals surface area contributed by atoms with Crippen molar-refractivity contribution < 1.29 is 4.79 Å². The molecule has 0 heterocycles. The second-order valence-corrected chi connectivity index (χ2v) is 5.39. The van der Waals surface area contributed by atoms with Gasteiger partial charge in [0.15, 0.2) is 5.78 Å². The van der Waals surface area contributed by atoms with E-state index in [2.05, 4.69) is 22.6 Å². The highest BCUT2D eigenvalue weighted by atomic mass is 127. The molecule has 2 aromatic rings. The number of hydrogen-bond acceptors (Lipinski definition) is 1. The normalized spacial score (nSPS) is 12.5. The molecule has 0 spiro atoms. The summed E-state index contributed by atoms with van der Waals surface area (Å²) in [4.78, 5) is 12.1. The zero-order valence-corrected chi connectivity index (χ0v) is 11.0. The third-order valence-electron chi connectivity index (χ3n) is 2.74. The van der Waals surface area contributed by atoms with Crippen LogP contribution < -0.4 is 0 Å². The molecule has 0 N–H and O–H groups in total. The summed E-state index contributed by atoms with van der Waals surface area (Å²) in [7, 11) is 0. The lowest BCUT2D eigenvalue weighted by molar-refractivity contribution is 0.104. The fourth-order valence-electron chi connectivity index (χ4n) is 2.02. The number of hydrogen-bond donors (Lipinski definition) is 0. The van der Waals surface area contributed by atoms with Crippen molar-refractivity contribution in [2.24, 2.45) is 0 Å². The van der Waals surface area contributed by atoms with Gasteiger partial charge in [0.05, 0.1) is 0 Å². The van der Waals surface area contributed by atoms with Crippen molar-refractivity contribution >= 4 is 40.0 Å². The lowest BCUT2D eigenvalue weighted by Gasteiger charge is -1.99. The van der Waals surface area contributed by atoms with E-state index in [1.165, 1.54) is 0 Å². The fourth-order valence-corrected chi connectivity index (χ4v) is 2.69. The molecule has 0 saturated heterocycles. The van der Waals surface area contributed by atoms with Gasteiger partial charge in [-0.15, -0.1) is 0 Å². The van der Waals surface area contributed by atoms with Gasteiger partial charge in [0.2, 0.25) is 0 Å². The Kier molecular flexibility index (Phi) is 2.30. The monoisotopic (exact) mass is 340 g/mol. The zero-order chi connectivity index (χ0) is 11.3. The standard InChI is InChI=1S/C13H6ClIO/c14-7-1-3-9-10-4-2-8(15)6-12(10)13(16)11(9)5-7/h1-6H. The van der Waals surface area contributed by atoms with Gasteiger partial charge in [-0.25, -0.2) is 0 Å². The van der Waals surface area contributed by atoms with Crippen LogP contribution in [0.2, 0.25) is 5.02 Å². The molecule has 0 amide bonds. The molecule has 0 saturated carbocycles. The molecule has 3 rings (SSSR count). The van der Waals surface area contributed by atoms with Crippen molar-refractivity contribution in [3.63, 3.8) is 0 Å². The molecule has 0 unspecified atom stereocenters. The molecule has 1 aliphatic rings. The summed E-state index contributed by atoms with van der Waals surface area (Å²) in [6.07, 6.45) is 0. The Bertz CT molecular complexity index is 566. The number of halogens is 2. The third-order valence-corrected chi connectivity index (χ3v) is 3.65. The lowest BCUT2D eigenvalue weighted by Crippen LogP contribution is -1.95. The van der Waals surface area contributed by atoms with E-state index >= 15 is 0 Å². The smallest absolute Gasteiger partial charge is 0.194 e. The van der Waals surface area contributed by atoms with E-state index in [0.29, 0.717) is 10.6 Å². The van der Waals surface area contributed by atoms with Gasteiger partial charge >= 0.3 is 0 Å². The maximum Gasteiger partial charge on any atom is 0.194 e. The number of fused-ring (bicyclic) bond motifs is 3. The molecule has 16 heavy (non-hydrogen) atoms. The van der Waals surface area contributed by atoms with E-state index in [1.54, 1.807) is 6.07 Å². The Morgan fingerprint density at radius 2 is 1.50 bits per heavy atom. The minimum atomic E-state index is 0.0750. The molecule has 78 valence electrons. The molecule has 0 aliphatic heterocycles. The second-order valence-electron chi connectivity index (χ2n) is 3.71. The average Bonchev–Trinajstić information content (AvgIpc) is 2.53.